The number of sulfonamides is 1. The van der Waals surface area contributed by atoms with Crippen molar-refractivity contribution in [2.75, 3.05) is 19.4 Å². The van der Waals surface area contributed by atoms with Crippen LogP contribution < -0.4 is 14.8 Å². The molecule has 2 N–H and O–H groups in total. The highest BCUT2D eigenvalue weighted by molar-refractivity contribution is 7.88. The molecule has 0 radical (unpaired) electrons. The minimum absolute atomic E-state index is 0. The Morgan fingerprint density at radius 3 is 2.54 bits per heavy atom. The van der Waals surface area contributed by atoms with Gasteiger partial charge >= 0.3 is 0 Å². The van der Waals surface area contributed by atoms with Crippen LogP contribution in [0.15, 0.2) is 42.6 Å². The molecule has 1 aromatic carbocycles. The average molecular weight is 404 g/mol. The quantitative estimate of drug-likeness (QED) is 0.628. The number of ether oxygens (including phenoxy) is 1. The number of aromatic nitrogens is 1. The number of rotatable bonds is 9. The second-order valence-electron chi connectivity index (χ2n) is 5.69. The third-order valence-corrected chi connectivity index (χ3v) is 4.21. The van der Waals surface area contributed by atoms with E-state index in [9.17, 15) is 12.8 Å². The summed E-state index contributed by atoms with van der Waals surface area (Å²) in [7, 11) is -3.23. The molecule has 0 bridgehead atoms. The molecule has 1 aromatic heterocycles. The van der Waals surface area contributed by atoms with Crippen LogP contribution in [0.4, 0.5) is 4.39 Å². The van der Waals surface area contributed by atoms with Crippen molar-refractivity contribution in [2.45, 2.75) is 19.5 Å². The zero-order valence-corrected chi connectivity index (χ0v) is 16.2. The van der Waals surface area contributed by atoms with Gasteiger partial charge in [-0.1, -0.05) is 24.3 Å². The maximum absolute atomic E-state index is 13.0. The standard InChI is InChI=1S/C17H22FN3O3S.ClH/c1-13(21-25(2,22)23)15-5-3-14(4-6-15)12-19-9-10-24-17-11-16(18)7-8-20-17;/h3-8,11,13,19,21H,9-10,12H2,1-2H3;1H/t13-;/m1./s1. The second kappa shape index (κ2) is 10.4. The van der Waals surface area contributed by atoms with Crippen LogP contribution in [0.25, 0.3) is 0 Å². The van der Waals surface area contributed by atoms with Gasteiger partial charge in [0.15, 0.2) is 0 Å². The van der Waals surface area contributed by atoms with Crippen LogP contribution in [0.3, 0.4) is 0 Å². The largest absolute Gasteiger partial charge is 0.476 e. The van der Waals surface area contributed by atoms with Gasteiger partial charge in [0.1, 0.15) is 12.4 Å². The predicted molar refractivity (Wildman–Crippen MR) is 101 cm³/mol. The number of nitrogens with zero attached hydrogens (tertiary/aromatic N) is 1. The lowest BCUT2D eigenvalue weighted by atomic mass is 10.1. The lowest BCUT2D eigenvalue weighted by molar-refractivity contribution is 0.300. The van der Waals surface area contributed by atoms with Crippen LogP contribution in [0, 0.1) is 5.82 Å². The van der Waals surface area contributed by atoms with Gasteiger partial charge in [-0.05, 0) is 24.1 Å². The van der Waals surface area contributed by atoms with Gasteiger partial charge in [-0.15, -0.1) is 12.4 Å². The number of nitrogens with one attached hydrogen (secondary N) is 2. The third-order valence-electron chi connectivity index (χ3n) is 3.43. The SMILES string of the molecule is C[C@@H](NS(C)(=O)=O)c1ccc(CNCCOc2cc(F)ccn2)cc1.Cl. The highest BCUT2D eigenvalue weighted by Crippen LogP contribution is 2.14. The average Bonchev–Trinajstić information content (AvgIpc) is 2.53. The smallest absolute Gasteiger partial charge is 0.216 e. The van der Waals surface area contributed by atoms with E-state index in [0.29, 0.717) is 19.7 Å². The topological polar surface area (TPSA) is 80.3 Å². The molecule has 0 spiro atoms. The van der Waals surface area contributed by atoms with Gasteiger partial charge in [-0.3, -0.25) is 0 Å². The Balaban J connectivity index is 0.00000338. The normalized spacial score (nSPS) is 12.3. The molecule has 2 aromatic rings. The van der Waals surface area contributed by atoms with Crippen molar-refractivity contribution in [1.82, 2.24) is 15.0 Å². The Kier molecular flexibility index (Phi) is 8.94. The van der Waals surface area contributed by atoms with E-state index in [-0.39, 0.29) is 30.1 Å². The van der Waals surface area contributed by atoms with Gasteiger partial charge < -0.3 is 10.1 Å². The number of halogens is 2. The highest BCUT2D eigenvalue weighted by atomic mass is 35.5. The Bertz CT molecular complexity index is 788. The van der Waals surface area contributed by atoms with Crippen molar-refractivity contribution in [3.05, 3.63) is 59.5 Å². The maximum atomic E-state index is 13.0. The summed E-state index contributed by atoms with van der Waals surface area (Å²) in [6.07, 6.45) is 2.50. The fraction of sp³-hybridized carbons (Fsp3) is 0.353. The van der Waals surface area contributed by atoms with Crippen LogP contribution in [0.1, 0.15) is 24.1 Å². The first kappa shape index (κ1) is 22.3. The fourth-order valence-electron chi connectivity index (χ4n) is 2.24. The molecule has 0 fully saturated rings. The molecule has 0 aliphatic heterocycles. The predicted octanol–water partition coefficient (Wildman–Crippen LogP) is 2.42. The molecule has 0 aliphatic rings. The molecule has 2 rings (SSSR count). The first-order chi connectivity index (χ1) is 11.8. The van der Waals surface area contributed by atoms with Gasteiger partial charge in [0.25, 0.3) is 0 Å². The highest BCUT2D eigenvalue weighted by Gasteiger charge is 2.10. The van der Waals surface area contributed by atoms with Crippen LogP contribution in [-0.4, -0.2) is 32.8 Å². The van der Waals surface area contributed by atoms with E-state index < -0.39 is 10.0 Å². The summed E-state index contributed by atoms with van der Waals surface area (Å²) in [6, 6.07) is 9.91. The molecule has 0 saturated heterocycles. The van der Waals surface area contributed by atoms with E-state index in [1.54, 1.807) is 6.92 Å². The molecule has 9 heteroatoms. The minimum Gasteiger partial charge on any atom is -0.476 e. The van der Waals surface area contributed by atoms with Crippen molar-refractivity contribution in [3.63, 3.8) is 0 Å². The van der Waals surface area contributed by atoms with Crippen LogP contribution >= 0.6 is 12.4 Å². The molecule has 1 heterocycles. The van der Waals surface area contributed by atoms with E-state index in [4.69, 9.17) is 4.74 Å². The van der Waals surface area contributed by atoms with Crippen molar-refractivity contribution < 1.29 is 17.5 Å². The first-order valence-corrected chi connectivity index (χ1v) is 9.74. The summed E-state index contributed by atoms with van der Waals surface area (Å²) in [5, 5.41) is 3.22. The fourth-order valence-corrected chi connectivity index (χ4v) is 3.02. The van der Waals surface area contributed by atoms with Crippen LogP contribution in [0.2, 0.25) is 0 Å². The van der Waals surface area contributed by atoms with E-state index in [1.807, 2.05) is 24.3 Å². The molecular formula is C17H23ClFN3O3S. The zero-order chi connectivity index (χ0) is 18.3. The van der Waals surface area contributed by atoms with E-state index in [2.05, 4.69) is 15.0 Å². The summed E-state index contributed by atoms with van der Waals surface area (Å²) >= 11 is 0. The lowest BCUT2D eigenvalue weighted by Gasteiger charge is -2.13. The zero-order valence-electron chi connectivity index (χ0n) is 14.6. The Morgan fingerprint density at radius 2 is 1.92 bits per heavy atom. The van der Waals surface area contributed by atoms with Crippen molar-refractivity contribution >= 4 is 22.4 Å². The molecule has 6 nitrogen and oxygen atoms in total. The monoisotopic (exact) mass is 403 g/mol. The number of benzene rings is 1. The summed E-state index contributed by atoms with van der Waals surface area (Å²) < 4.78 is 43.4. The summed E-state index contributed by atoms with van der Waals surface area (Å²) in [5.74, 6) is -0.115. The van der Waals surface area contributed by atoms with Gasteiger partial charge in [-0.25, -0.2) is 22.5 Å². The minimum atomic E-state index is -3.23. The van der Waals surface area contributed by atoms with Crippen molar-refractivity contribution in [2.24, 2.45) is 0 Å². The second-order valence-corrected chi connectivity index (χ2v) is 7.47. The summed E-state index contributed by atoms with van der Waals surface area (Å²) in [4.78, 5) is 3.91. The maximum Gasteiger partial charge on any atom is 0.216 e. The summed E-state index contributed by atoms with van der Waals surface area (Å²) in [5.41, 5.74) is 1.97. The van der Waals surface area contributed by atoms with Crippen molar-refractivity contribution in [3.8, 4) is 5.88 Å². The van der Waals surface area contributed by atoms with E-state index in [0.717, 1.165) is 17.4 Å². The molecule has 1 atom stereocenters. The van der Waals surface area contributed by atoms with Crippen LogP contribution in [0.5, 0.6) is 5.88 Å². The Hall–Kier alpha value is -1.74. The molecular weight excluding hydrogens is 381 g/mol. The van der Waals surface area contributed by atoms with Gasteiger partial charge in [0.2, 0.25) is 15.9 Å². The van der Waals surface area contributed by atoms with Crippen LogP contribution in [-0.2, 0) is 16.6 Å². The van der Waals surface area contributed by atoms with E-state index in [1.165, 1.54) is 18.3 Å². The van der Waals surface area contributed by atoms with Crippen molar-refractivity contribution in [1.29, 1.82) is 0 Å². The molecule has 0 amide bonds. The molecule has 0 unspecified atom stereocenters. The molecule has 0 aliphatic carbocycles. The van der Waals surface area contributed by atoms with Gasteiger partial charge in [-0.2, -0.15) is 0 Å². The van der Waals surface area contributed by atoms with E-state index >= 15 is 0 Å². The molecule has 144 valence electrons. The Labute approximate surface area is 159 Å². The number of hydrogen-bond donors (Lipinski definition) is 2. The van der Waals surface area contributed by atoms with Gasteiger partial charge in [0, 0.05) is 31.4 Å². The van der Waals surface area contributed by atoms with Gasteiger partial charge in [0.05, 0.1) is 6.26 Å². The molecule has 26 heavy (non-hydrogen) atoms. The summed E-state index contributed by atoms with van der Waals surface area (Å²) in [6.45, 7) is 3.41. The number of pyridine rings is 1. The number of hydrogen-bond acceptors (Lipinski definition) is 5. The third kappa shape index (κ3) is 8.09. The first-order valence-electron chi connectivity index (χ1n) is 7.85. The lowest BCUT2D eigenvalue weighted by Crippen LogP contribution is -2.25. The Morgan fingerprint density at radius 1 is 1.23 bits per heavy atom. The molecule has 0 saturated carbocycles.